The normalized spacial score (nSPS) is 10.5. The van der Waals surface area contributed by atoms with E-state index < -0.39 is 5.97 Å². The molecule has 1 aromatic carbocycles. The van der Waals surface area contributed by atoms with E-state index in [1.807, 2.05) is 19.1 Å². The number of carbonyl (C=O) groups excluding carboxylic acids is 1. The zero-order valence-corrected chi connectivity index (χ0v) is 12.2. The van der Waals surface area contributed by atoms with E-state index in [2.05, 4.69) is 15.9 Å². The van der Waals surface area contributed by atoms with Crippen LogP contribution in [0.25, 0.3) is 0 Å². The first-order valence-electron chi connectivity index (χ1n) is 5.62. The predicted octanol–water partition coefficient (Wildman–Crippen LogP) is 2.69. The number of rotatable bonds is 4. The van der Waals surface area contributed by atoms with Crippen LogP contribution in [0, 0.1) is 6.92 Å². The van der Waals surface area contributed by atoms with E-state index in [0.29, 0.717) is 5.56 Å². The summed E-state index contributed by atoms with van der Waals surface area (Å²) in [6.45, 7) is 5.14. The summed E-state index contributed by atoms with van der Waals surface area (Å²) in [7, 11) is 0. The Morgan fingerprint density at radius 2 is 2.00 bits per heavy atom. The van der Waals surface area contributed by atoms with Crippen molar-refractivity contribution in [3.05, 3.63) is 33.8 Å². The monoisotopic (exact) mass is 313 g/mol. The maximum atomic E-state index is 12.3. The minimum atomic E-state index is -1.01. The average Bonchev–Trinajstić information content (AvgIpc) is 2.27. The van der Waals surface area contributed by atoms with Gasteiger partial charge in [0, 0.05) is 16.1 Å². The second-order valence-electron chi connectivity index (χ2n) is 4.38. The van der Waals surface area contributed by atoms with Crippen molar-refractivity contribution < 1.29 is 14.7 Å². The lowest BCUT2D eigenvalue weighted by molar-refractivity contribution is -0.138. The Balaban J connectivity index is 3.09. The number of hydrogen-bond acceptors (Lipinski definition) is 2. The lowest BCUT2D eigenvalue weighted by atomic mass is 10.1. The first-order chi connectivity index (χ1) is 8.32. The van der Waals surface area contributed by atoms with Gasteiger partial charge >= 0.3 is 5.97 Å². The van der Waals surface area contributed by atoms with E-state index >= 15 is 0 Å². The zero-order valence-electron chi connectivity index (χ0n) is 10.6. The second kappa shape index (κ2) is 6.00. The van der Waals surface area contributed by atoms with Crippen molar-refractivity contribution in [2.24, 2.45) is 0 Å². The maximum absolute atomic E-state index is 12.3. The third-order valence-corrected chi connectivity index (χ3v) is 3.11. The molecular weight excluding hydrogens is 298 g/mol. The van der Waals surface area contributed by atoms with Gasteiger partial charge in [-0.1, -0.05) is 22.0 Å². The zero-order chi connectivity index (χ0) is 13.9. The maximum Gasteiger partial charge on any atom is 0.323 e. The van der Waals surface area contributed by atoms with Gasteiger partial charge in [0.1, 0.15) is 6.54 Å². The van der Waals surface area contributed by atoms with E-state index in [1.54, 1.807) is 19.9 Å². The fraction of sp³-hybridized carbons (Fsp3) is 0.385. The number of aryl methyl sites for hydroxylation is 1. The third-order valence-electron chi connectivity index (χ3n) is 2.62. The van der Waals surface area contributed by atoms with Crippen LogP contribution in [-0.4, -0.2) is 34.5 Å². The average molecular weight is 314 g/mol. The number of carbonyl (C=O) groups is 2. The van der Waals surface area contributed by atoms with Gasteiger partial charge in [0.05, 0.1) is 0 Å². The van der Waals surface area contributed by atoms with Gasteiger partial charge in [-0.15, -0.1) is 0 Å². The van der Waals surface area contributed by atoms with Gasteiger partial charge in [0.25, 0.3) is 5.91 Å². The standard InChI is InChI=1S/C13H16BrNO3/c1-8(2)15(7-12(16)17)13(18)11-6-10(14)5-4-9(11)3/h4-6,8H,7H2,1-3H3,(H,16,17). The highest BCUT2D eigenvalue weighted by molar-refractivity contribution is 9.10. The van der Waals surface area contributed by atoms with Crippen LogP contribution in [0.2, 0.25) is 0 Å². The van der Waals surface area contributed by atoms with Gasteiger partial charge in [-0.05, 0) is 38.5 Å². The largest absolute Gasteiger partial charge is 0.480 e. The van der Waals surface area contributed by atoms with Crippen LogP contribution >= 0.6 is 15.9 Å². The molecule has 0 spiro atoms. The SMILES string of the molecule is Cc1ccc(Br)cc1C(=O)N(CC(=O)O)C(C)C. The molecule has 0 bridgehead atoms. The van der Waals surface area contributed by atoms with E-state index in [0.717, 1.165) is 10.0 Å². The fourth-order valence-electron chi connectivity index (χ4n) is 1.61. The molecule has 0 heterocycles. The molecule has 4 nitrogen and oxygen atoms in total. The van der Waals surface area contributed by atoms with Crippen molar-refractivity contribution in [2.45, 2.75) is 26.8 Å². The number of carboxylic acids is 1. The van der Waals surface area contributed by atoms with Gasteiger partial charge in [0.2, 0.25) is 0 Å². The van der Waals surface area contributed by atoms with Gasteiger partial charge in [-0.2, -0.15) is 0 Å². The molecule has 1 N–H and O–H groups in total. The van der Waals surface area contributed by atoms with Crippen molar-refractivity contribution in [2.75, 3.05) is 6.54 Å². The molecule has 98 valence electrons. The lowest BCUT2D eigenvalue weighted by Gasteiger charge is -2.25. The van der Waals surface area contributed by atoms with Crippen molar-refractivity contribution in [1.29, 1.82) is 0 Å². The summed E-state index contributed by atoms with van der Waals surface area (Å²) in [6.07, 6.45) is 0. The van der Waals surface area contributed by atoms with Crippen molar-refractivity contribution in [1.82, 2.24) is 4.90 Å². The summed E-state index contributed by atoms with van der Waals surface area (Å²) in [5.74, 6) is -1.27. The molecule has 1 amide bonds. The van der Waals surface area contributed by atoms with Crippen LogP contribution in [0.5, 0.6) is 0 Å². The Hall–Kier alpha value is -1.36. The molecule has 0 aliphatic rings. The first kappa shape index (κ1) is 14.7. The molecule has 0 radical (unpaired) electrons. The highest BCUT2D eigenvalue weighted by atomic mass is 79.9. The second-order valence-corrected chi connectivity index (χ2v) is 5.30. The van der Waals surface area contributed by atoms with Crippen molar-refractivity contribution in [3.8, 4) is 0 Å². The van der Waals surface area contributed by atoms with Crippen LogP contribution in [0.15, 0.2) is 22.7 Å². The Bertz CT molecular complexity index is 471. The molecule has 0 fully saturated rings. The molecule has 1 aromatic rings. The van der Waals surface area contributed by atoms with Crippen LogP contribution in [0.4, 0.5) is 0 Å². The number of halogens is 1. The summed E-state index contributed by atoms with van der Waals surface area (Å²) in [6, 6.07) is 5.24. The van der Waals surface area contributed by atoms with E-state index in [4.69, 9.17) is 5.11 Å². The quantitative estimate of drug-likeness (QED) is 0.929. The molecule has 0 aliphatic heterocycles. The van der Waals surface area contributed by atoms with Crippen LogP contribution < -0.4 is 0 Å². The lowest BCUT2D eigenvalue weighted by Crippen LogP contribution is -2.40. The van der Waals surface area contributed by atoms with Gasteiger partial charge in [0.15, 0.2) is 0 Å². The third kappa shape index (κ3) is 3.57. The summed E-state index contributed by atoms with van der Waals surface area (Å²) < 4.78 is 0.801. The molecular formula is C13H16BrNO3. The van der Waals surface area contributed by atoms with Crippen LogP contribution in [-0.2, 0) is 4.79 Å². The molecule has 0 aromatic heterocycles. The molecule has 0 aliphatic carbocycles. The molecule has 0 saturated carbocycles. The molecule has 0 saturated heterocycles. The number of benzene rings is 1. The van der Waals surface area contributed by atoms with Gasteiger partial charge < -0.3 is 10.0 Å². The Labute approximate surface area is 115 Å². The predicted molar refractivity (Wildman–Crippen MR) is 72.7 cm³/mol. The van der Waals surface area contributed by atoms with E-state index in [9.17, 15) is 9.59 Å². The van der Waals surface area contributed by atoms with E-state index in [-0.39, 0.29) is 18.5 Å². The fourth-order valence-corrected chi connectivity index (χ4v) is 1.98. The topological polar surface area (TPSA) is 57.6 Å². The first-order valence-corrected chi connectivity index (χ1v) is 6.41. The molecule has 1 rings (SSSR count). The van der Waals surface area contributed by atoms with E-state index in [1.165, 1.54) is 4.90 Å². The molecule has 0 unspecified atom stereocenters. The Kier molecular flexibility index (Phi) is 4.90. The number of hydrogen-bond donors (Lipinski definition) is 1. The Morgan fingerprint density at radius 3 is 2.50 bits per heavy atom. The molecule has 18 heavy (non-hydrogen) atoms. The summed E-state index contributed by atoms with van der Waals surface area (Å²) >= 11 is 3.31. The number of nitrogens with zero attached hydrogens (tertiary/aromatic N) is 1. The number of amides is 1. The highest BCUT2D eigenvalue weighted by Gasteiger charge is 2.22. The van der Waals surface area contributed by atoms with Gasteiger partial charge in [-0.3, -0.25) is 9.59 Å². The smallest absolute Gasteiger partial charge is 0.323 e. The molecule has 5 heteroatoms. The minimum Gasteiger partial charge on any atom is -0.480 e. The van der Waals surface area contributed by atoms with Gasteiger partial charge in [-0.25, -0.2) is 0 Å². The van der Waals surface area contributed by atoms with Crippen LogP contribution in [0.1, 0.15) is 29.8 Å². The minimum absolute atomic E-state index is 0.160. The van der Waals surface area contributed by atoms with Crippen molar-refractivity contribution in [3.63, 3.8) is 0 Å². The number of carboxylic acid groups (broad SMARTS) is 1. The van der Waals surface area contributed by atoms with Crippen LogP contribution in [0.3, 0.4) is 0 Å². The Morgan fingerprint density at radius 1 is 1.39 bits per heavy atom. The van der Waals surface area contributed by atoms with Crippen molar-refractivity contribution >= 4 is 27.8 Å². The number of aliphatic carboxylic acids is 1. The molecule has 0 atom stereocenters. The summed E-state index contributed by atoms with van der Waals surface area (Å²) in [5.41, 5.74) is 1.36. The highest BCUT2D eigenvalue weighted by Crippen LogP contribution is 2.18. The summed E-state index contributed by atoms with van der Waals surface area (Å²) in [4.78, 5) is 24.5. The summed E-state index contributed by atoms with van der Waals surface area (Å²) in [5, 5.41) is 8.85.